The number of nitrogens with one attached hydrogen (secondary N) is 2. The monoisotopic (exact) mass is 392 g/mol. The molecule has 3 N–H and O–H groups in total. The van der Waals surface area contributed by atoms with E-state index >= 15 is 0 Å². The minimum absolute atomic E-state index is 0.0212. The van der Waals surface area contributed by atoms with Crippen LogP contribution in [0, 0.1) is 5.92 Å². The summed E-state index contributed by atoms with van der Waals surface area (Å²) in [5.74, 6) is -1.77. The van der Waals surface area contributed by atoms with Crippen LogP contribution in [-0.4, -0.2) is 38.6 Å². The number of aliphatic carboxylic acids is 1. The second-order valence-corrected chi connectivity index (χ2v) is 7.90. The molecule has 1 atom stereocenters. The first-order valence-electron chi connectivity index (χ1n) is 7.38. The van der Waals surface area contributed by atoms with E-state index in [0.29, 0.717) is 0 Å². The van der Waals surface area contributed by atoms with Crippen molar-refractivity contribution in [3.05, 3.63) is 17.2 Å². The van der Waals surface area contributed by atoms with Crippen molar-refractivity contribution in [2.75, 3.05) is 12.4 Å². The molecule has 1 aromatic carbocycles. The molecule has 0 saturated carbocycles. The summed E-state index contributed by atoms with van der Waals surface area (Å²) < 4.78 is 32.4. The lowest BCUT2D eigenvalue weighted by Gasteiger charge is -2.18. The highest BCUT2D eigenvalue weighted by molar-refractivity contribution is 7.89. The van der Waals surface area contributed by atoms with E-state index in [1.54, 1.807) is 13.8 Å². The third-order valence-corrected chi connectivity index (χ3v) is 4.96. The molecule has 10 heteroatoms. The number of amides is 1. The van der Waals surface area contributed by atoms with Crippen LogP contribution in [0.1, 0.15) is 27.2 Å². The molecule has 0 aliphatic heterocycles. The first kappa shape index (κ1) is 21.2. The van der Waals surface area contributed by atoms with Crippen molar-refractivity contribution in [1.82, 2.24) is 4.72 Å². The fraction of sp³-hybridized carbons (Fsp3) is 0.467. The van der Waals surface area contributed by atoms with Gasteiger partial charge in [0.2, 0.25) is 15.9 Å². The van der Waals surface area contributed by atoms with Gasteiger partial charge in [0, 0.05) is 13.0 Å². The van der Waals surface area contributed by atoms with Crippen molar-refractivity contribution in [1.29, 1.82) is 0 Å². The highest BCUT2D eigenvalue weighted by Crippen LogP contribution is 2.34. The minimum Gasteiger partial charge on any atom is -0.495 e. The lowest BCUT2D eigenvalue weighted by atomic mass is 10.1. The molecule has 1 amide bonds. The summed E-state index contributed by atoms with van der Waals surface area (Å²) in [4.78, 5) is 22.2. The lowest BCUT2D eigenvalue weighted by molar-refractivity contribution is -0.139. The van der Waals surface area contributed by atoms with Gasteiger partial charge < -0.3 is 15.2 Å². The fourth-order valence-electron chi connectivity index (χ4n) is 2.11. The van der Waals surface area contributed by atoms with Crippen molar-refractivity contribution in [3.63, 3.8) is 0 Å². The first-order chi connectivity index (χ1) is 11.5. The Morgan fingerprint density at radius 2 is 1.92 bits per heavy atom. The van der Waals surface area contributed by atoms with Crippen LogP contribution in [-0.2, 0) is 19.6 Å². The summed E-state index contributed by atoms with van der Waals surface area (Å²) in [5.41, 5.74) is 0.182. The van der Waals surface area contributed by atoms with Gasteiger partial charge in [-0.2, -0.15) is 4.72 Å². The predicted octanol–water partition coefficient (Wildman–Crippen LogP) is 2.08. The number of sulfonamides is 1. The lowest BCUT2D eigenvalue weighted by Crippen LogP contribution is -2.41. The maximum Gasteiger partial charge on any atom is 0.321 e. The van der Waals surface area contributed by atoms with Gasteiger partial charge >= 0.3 is 5.97 Å². The number of halogens is 1. The average Bonchev–Trinajstić information content (AvgIpc) is 2.46. The SMILES string of the molecule is COc1cc(NC(C)=O)c(Cl)cc1S(=O)(=O)NC(CC(C)C)C(=O)O. The van der Waals surface area contributed by atoms with Crippen molar-refractivity contribution >= 4 is 39.2 Å². The Kier molecular flexibility index (Phi) is 7.21. The van der Waals surface area contributed by atoms with Crippen LogP contribution in [0.2, 0.25) is 5.02 Å². The van der Waals surface area contributed by atoms with Gasteiger partial charge in [-0.3, -0.25) is 9.59 Å². The molecule has 140 valence electrons. The van der Waals surface area contributed by atoms with Gasteiger partial charge in [0.05, 0.1) is 17.8 Å². The molecule has 1 unspecified atom stereocenters. The van der Waals surface area contributed by atoms with Crippen LogP contribution in [0.15, 0.2) is 17.0 Å². The first-order valence-corrected chi connectivity index (χ1v) is 9.24. The Morgan fingerprint density at radius 1 is 1.32 bits per heavy atom. The summed E-state index contributed by atoms with van der Waals surface area (Å²) in [7, 11) is -2.96. The smallest absolute Gasteiger partial charge is 0.321 e. The number of hydrogen-bond donors (Lipinski definition) is 3. The van der Waals surface area contributed by atoms with E-state index < -0.39 is 22.0 Å². The Bertz CT molecular complexity index is 764. The number of carboxylic acids is 1. The molecule has 0 fully saturated rings. The van der Waals surface area contributed by atoms with Crippen LogP contribution in [0.25, 0.3) is 0 Å². The molecule has 8 nitrogen and oxygen atoms in total. The molecule has 1 rings (SSSR count). The largest absolute Gasteiger partial charge is 0.495 e. The van der Waals surface area contributed by atoms with Crippen molar-refractivity contribution in [2.24, 2.45) is 5.92 Å². The third kappa shape index (κ3) is 5.87. The van der Waals surface area contributed by atoms with Gasteiger partial charge in [-0.05, 0) is 18.4 Å². The van der Waals surface area contributed by atoms with Crippen molar-refractivity contribution < 1.29 is 27.9 Å². The number of anilines is 1. The van der Waals surface area contributed by atoms with Crippen LogP contribution >= 0.6 is 11.6 Å². The van der Waals surface area contributed by atoms with Gasteiger partial charge in [0.1, 0.15) is 16.7 Å². The van der Waals surface area contributed by atoms with E-state index in [0.717, 1.165) is 6.07 Å². The van der Waals surface area contributed by atoms with Gasteiger partial charge in [-0.1, -0.05) is 25.4 Å². The minimum atomic E-state index is -4.21. The summed E-state index contributed by atoms with van der Waals surface area (Å²) >= 11 is 6.01. The Hall–Kier alpha value is -1.84. The number of hydrogen-bond acceptors (Lipinski definition) is 5. The summed E-state index contributed by atoms with van der Waals surface area (Å²) in [6.07, 6.45) is 0.120. The molecule has 0 aliphatic carbocycles. The number of benzene rings is 1. The van der Waals surface area contributed by atoms with E-state index in [-0.39, 0.29) is 39.6 Å². The molecular formula is C15H21ClN2O6S. The molecule has 0 aromatic heterocycles. The molecule has 1 aromatic rings. The predicted molar refractivity (Wildman–Crippen MR) is 93.5 cm³/mol. The zero-order valence-electron chi connectivity index (χ0n) is 14.3. The normalized spacial score (nSPS) is 12.7. The van der Waals surface area contributed by atoms with E-state index in [4.69, 9.17) is 16.3 Å². The van der Waals surface area contributed by atoms with Crippen LogP contribution in [0.5, 0.6) is 5.75 Å². The Morgan fingerprint density at radius 3 is 2.36 bits per heavy atom. The molecular weight excluding hydrogens is 372 g/mol. The molecule has 0 saturated heterocycles. The molecule has 0 bridgehead atoms. The van der Waals surface area contributed by atoms with E-state index in [1.807, 2.05) is 0 Å². The number of ether oxygens (including phenoxy) is 1. The zero-order valence-corrected chi connectivity index (χ0v) is 15.9. The highest BCUT2D eigenvalue weighted by atomic mass is 35.5. The summed E-state index contributed by atoms with van der Waals surface area (Å²) in [6, 6.07) is 1.07. The second-order valence-electron chi connectivity index (χ2n) is 5.81. The van der Waals surface area contributed by atoms with Crippen molar-refractivity contribution in [3.8, 4) is 5.75 Å². The highest BCUT2D eigenvalue weighted by Gasteiger charge is 2.29. The zero-order chi connectivity index (χ0) is 19.4. The average molecular weight is 393 g/mol. The maximum absolute atomic E-state index is 12.6. The molecule has 0 heterocycles. The standard InChI is InChI=1S/C15H21ClN2O6S/c1-8(2)5-12(15(20)21)18-25(22,23)14-6-10(16)11(17-9(3)19)7-13(14)24-4/h6-8,12,18H,5H2,1-4H3,(H,17,19)(H,20,21). The van der Waals surface area contributed by atoms with Crippen molar-refractivity contribution in [2.45, 2.75) is 38.1 Å². The molecule has 0 radical (unpaired) electrons. The van der Waals surface area contributed by atoms with E-state index in [1.165, 1.54) is 20.1 Å². The number of methoxy groups -OCH3 is 1. The number of carbonyl (C=O) groups excluding carboxylic acids is 1. The molecule has 25 heavy (non-hydrogen) atoms. The Labute approximate surface area is 151 Å². The van der Waals surface area contributed by atoms with E-state index in [2.05, 4.69) is 10.0 Å². The molecule has 0 spiro atoms. The third-order valence-electron chi connectivity index (χ3n) is 3.16. The maximum atomic E-state index is 12.6. The van der Waals surface area contributed by atoms with Gasteiger partial charge in [-0.15, -0.1) is 0 Å². The van der Waals surface area contributed by atoms with Crippen LogP contribution < -0.4 is 14.8 Å². The number of carboxylic acid groups (broad SMARTS) is 1. The van der Waals surface area contributed by atoms with Gasteiger partial charge in [-0.25, -0.2) is 8.42 Å². The van der Waals surface area contributed by atoms with Gasteiger partial charge in [0.25, 0.3) is 0 Å². The fourth-order valence-corrected chi connectivity index (χ4v) is 3.77. The molecule has 0 aliphatic rings. The van der Waals surface area contributed by atoms with Gasteiger partial charge in [0.15, 0.2) is 0 Å². The second kappa shape index (κ2) is 8.50. The summed E-state index contributed by atoms with van der Waals surface area (Å²) in [6.45, 7) is 4.84. The summed E-state index contributed by atoms with van der Waals surface area (Å²) in [5, 5.41) is 11.7. The van der Waals surface area contributed by atoms with Crippen LogP contribution in [0.4, 0.5) is 5.69 Å². The quantitative estimate of drug-likeness (QED) is 0.622. The van der Waals surface area contributed by atoms with E-state index in [9.17, 15) is 23.1 Å². The number of carbonyl (C=O) groups is 2. The topological polar surface area (TPSA) is 122 Å². The van der Waals surface area contributed by atoms with Crippen LogP contribution in [0.3, 0.4) is 0 Å². The number of rotatable bonds is 8. The Balaban J connectivity index is 3.30.